The van der Waals surface area contributed by atoms with Gasteiger partial charge in [-0.05, 0) is 43.2 Å². The van der Waals surface area contributed by atoms with Crippen molar-refractivity contribution < 1.29 is 22.7 Å². The first-order valence-corrected chi connectivity index (χ1v) is 12.1. The van der Waals surface area contributed by atoms with Crippen molar-refractivity contribution in [1.29, 1.82) is 0 Å². The number of sulfonamides is 1. The summed E-state index contributed by atoms with van der Waals surface area (Å²) >= 11 is 6.18. The van der Waals surface area contributed by atoms with Gasteiger partial charge in [-0.15, -0.1) is 0 Å². The number of nitrogens with zero attached hydrogens (tertiary/aromatic N) is 1. The molecule has 8 nitrogen and oxygen atoms in total. The van der Waals surface area contributed by atoms with Crippen LogP contribution < -0.4 is 15.4 Å². The van der Waals surface area contributed by atoms with Gasteiger partial charge in [-0.2, -0.15) is 4.31 Å². The first-order valence-electron chi connectivity index (χ1n) is 10.3. The Morgan fingerprint density at radius 3 is 2.19 bits per heavy atom. The molecule has 0 unspecified atom stereocenters. The normalized spacial score (nSPS) is 15.0. The number of hydrogen-bond acceptors (Lipinski definition) is 5. The van der Waals surface area contributed by atoms with Gasteiger partial charge >= 0.3 is 0 Å². The van der Waals surface area contributed by atoms with Crippen LogP contribution in [0.15, 0.2) is 41.3 Å². The molecule has 2 aromatic carbocycles. The van der Waals surface area contributed by atoms with Crippen molar-refractivity contribution in [3.63, 3.8) is 0 Å². The number of carbonyl (C=O) groups excluding carboxylic acids is 2. The average Bonchev–Trinajstić information content (AvgIpc) is 3.05. The van der Waals surface area contributed by atoms with E-state index in [0.717, 1.165) is 25.7 Å². The van der Waals surface area contributed by atoms with Gasteiger partial charge in [-0.1, -0.05) is 24.4 Å². The molecular weight excluding hydrogens is 454 g/mol. The molecule has 0 spiro atoms. The zero-order valence-corrected chi connectivity index (χ0v) is 19.6. The van der Waals surface area contributed by atoms with Crippen LogP contribution in [0.3, 0.4) is 0 Å². The maximum absolute atomic E-state index is 12.9. The van der Waals surface area contributed by atoms with Crippen LogP contribution >= 0.6 is 11.6 Å². The molecule has 32 heavy (non-hydrogen) atoms. The zero-order valence-electron chi connectivity index (χ0n) is 18.0. The molecule has 2 amide bonds. The minimum Gasteiger partial charge on any atom is -0.496 e. The quantitative estimate of drug-likeness (QED) is 0.648. The average molecular weight is 480 g/mol. The Morgan fingerprint density at radius 2 is 1.62 bits per heavy atom. The van der Waals surface area contributed by atoms with Crippen LogP contribution in [-0.2, 0) is 14.8 Å². The third kappa shape index (κ3) is 5.59. The maximum atomic E-state index is 12.9. The van der Waals surface area contributed by atoms with Crippen LogP contribution in [0, 0.1) is 0 Å². The van der Waals surface area contributed by atoms with Crippen LogP contribution in [0.2, 0.25) is 5.02 Å². The smallest absolute Gasteiger partial charge is 0.259 e. The van der Waals surface area contributed by atoms with Crippen molar-refractivity contribution in [2.45, 2.75) is 37.5 Å². The van der Waals surface area contributed by atoms with E-state index in [1.54, 1.807) is 12.1 Å². The summed E-state index contributed by atoms with van der Waals surface area (Å²) in [6, 6.07) is 8.93. The number of methoxy groups -OCH3 is 1. The van der Waals surface area contributed by atoms with E-state index in [9.17, 15) is 18.0 Å². The van der Waals surface area contributed by atoms with Crippen molar-refractivity contribution in [3.05, 3.63) is 47.0 Å². The number of benzene rings is 2. The van der Waals surface area contributed by atoms with Crippen molar-refractivity contribution >= 4 is 44.8 Å². The Morgan fingerprint density at radius 1 is 1.00 bits per heavy atom. The summed E-state index contributed by atoms with van der Waals surface area (Å²) in [5.74, 6) is -0.557. The van der Waals surface area contributed by atoms with Crippen molar-refractivity contribution in [3.8, 4) is 5.75 Å². The highest BCUT2D eigenvalue weighted by Gasteiger charge is 2.25. The first-order chi connectivity index (χ1) is 15.2. The number of halogens is 1. The minimum absolute atomic E-state index is 0.174. The second kappa shape index (κ2) is 10.3. The Kier molecular flexibility index (Phi) is 7.76. The molecule has 172 valence electrons. The third-order valence-electron chi connectivity index (χ3n) is 5.16. The number of ether oxygens (including phenoxy) is 1. The summed E-state index contributed by atoms with van der Waals surface area (Å²) in [5, 5.41) is 5.47. The molecule has 0 aromatic heterocycles. The van der Waals surface area contributed by atoms with Crippen LogP contribution in [-0.4, -0.2) is 44.7 Å². The molecule has 1 aliphatic heterocycles. The highest BCUT2D eigenvalue weighted by atomic mass is 35.5. The standard InChI is InChI=1S/C22H26ClN3O5S/c1-15(27)24-20-14-21(31-2)18(13-19(20)23)22(28)25-16-7-9-17(10-8-16)32(29,30)26-11-5-3-4-6-12-26/h7-10,13-14H,3-6,11-12H2,1-2H3,(H,24,27)(H,25,28). The number of rotatable bonds is 6. The van der Waals surface area contributed by atoms with Gasteiger partial charge in [0.05, 0.1) is 28.3 Å². The van der Waals surface area contributed by atoms with Crippen LogP contribution in [0.4, 0.5) is 11.4 Å². The molecule has 0 aliphatic carbocycles. The molecule has 2 aromatic rings. The minimum atomic E-state index is -3.57. The predicted octanol–water partition coefficient (Wildman–Crippen LogP) is 4.12. The van der Waals surface area contributed by atoms with Crippen LogP contribution in [0.1, 0.15) is 43.0 Å². The molecule has 1 aliphatic rings. The van der Waals surface area contributed by atoms with E-state index >= 15 is 0 Å². The fraction of sp³-hybridized carbons (Fsp3) is 0.364. The first kappa shape index (κ1) is 24.0. The summed E-state index contributed by atoms with van der Waals surface area (Å²) in [6.45, 7) is 2.39. The fourth-order valence-electron chi connectivity index (χ4n) is 3.52. The molecule has 3 rings (SSSR count). The summed E-state index contributed by atoms with van der Waals surface area (Å²) < 4.78 is 32.6. The largest absolute Gasteiger partial charge is 0.496 e. The van der Waals surface area contributed by atoms with Crippen molar-refractivity contribution in [2.24, 2.45) is 0 Å². The van der Waals surface area contributed by atoms with Crippen molar-refractivity contribution in [2.75, 3.05) is 30.8 Å². The molecule has 0 saturated carbocycles. The summed E-state index contributed by atoms with van der Waals surface area (Å²) in [6.07, 6.45) is 3.80. The Balaban J connectivity index is 1.77. The van der Waals surface area contributed by atoms with Crippen LogP contribution in [0.5, 0.6) is 5.75 Å². The number of anilines is 2. The van der Waals surface area contributed by atoms with Gasteiger partial charge < -0.3 is 15.4 Å². The highest BCUT2D eigenvalue weighted by Crippen LogP contribution is 2.32. The lowest BCUT2D eigenvalue weighted by Crippen LogP contribution is -2.31. The fourth-order valence-corrected chi connectivity index (χ4v) is 5.25. The maximum Gasteiger partial charge on any atom is 0.259 e. The molecule has 0 radical (unpaired) electrons. The number of hydrogen-bond donors (Lipinski definition) is 2. The summed E-state index contributed by atoms with van der Waals surface area (Å²) in [5.41, 5.74) is 0.928. The molecule has 0 bridgehead atoms. The molecule has 1 saturated heterocycles. The molecule has 1 fully saturated rings. The summed E-state index contributed by atoms with van der Waals surface area (Å²) in [7, 11) is -2.16. The Hall–Kier alpha value is -2.62. The Labute approximate surface area is 192 Å². The second-order valence-corrected chi connectivity index (χ2v) is 9.86. The monoisotopic (exact) mass is 479 g/mol. The number of nitrogens with one attached hydrogen (secondary N) is 2. The second-order valence-electron chi connectivity index (χ2n) is 7.51. The van der Waals surface area contributed by atoms with Gasteiger partial charge in [-0.25, -0.2) is 8.42 Å². The lowest BCUT2D eigenvalue weighted by atomic mass is 10.1. The molecule has 0 atom stereocenters. The van der Waals surface area contributed by atoms with Gasteiger partial charge in [-0.3, -0.25) is 9.59 Å². The topological polar surface area (TPSA) is 105 Å². The van der Waals surface area contributed by atoms with Gasteiger partial charge in [0, 0.05) is 31.8 Å². The van der Waals surface area contributed by atoms with E-state index in [2.05, 4.69) is 10.6 Å². The summed E-state index contributed by atoms with van der Waals surface area (Å²) in [4.78, 5) is 24.3. The Bertz CT molecular complexity index is 1100. The third-order valence-corrected chi connectivity index (χ3v) is 7.39. The van der Waals surface area contributed by atoms with E-state index in [-0.39, 0.29) is 27.1 Å². The van der Waals surface area contributed by atoms with Gasteiger partial charge in [0.1, 0.15) is 5.75 Å². The number of amides is 2. The van der Waals surface area contributed by atoms with E-state index in [4.69, 9.17) is 16.3 Å². The molecular formula is C22H26ClN3O5S. The molecule has 2 N–H and O–H groups in total. The molecule has 1 heterocycles. The zero-order chi connectivity index (χ0) is 23.3. The van der Waals surface area contributed by atoms with Gasteiger partial charge in [0.2, 0.25) is 15.9 Å². The van der Waals surface area contributed by atoms with Crippen LogP contribution in [0.25, 0.3) is 0 Å². The van der Waals surface area contributed by atoms with E-state index in [0.29, 0.717) is 24.5 Å². The van der Waals surface area contributed by atoms with E-state index < -0.39 is 15.9 Å². The number of carbonyl (C=O) groups is 2. The highest BCUT2D eigenvalue weighted by molar-refractivity contribution is 7.89. The van der Waals surface area contributed by atoms with Crippen molar-refractivity contribution in [1.82, 2.24) is 4.31 Å². The lowest BCUT2D eigenvalue weighted by molar-refractivity contribution is -0.114. The SMILES string of the molecule is COc1cc(NC(C)=O)c(Cl)cc1C(=O)Nc1ccc(S(=O)(=O)N2CCCCCC2)cc1. The predicted molar refractivity (Wildman–Crippen MR) is 124 cm³/mol. The van der Waals surface area contributed by atoms with Gasteiger partial charge in [0.25, 0.3) is 5.91 Å². The van der Waals surface area contributed by atoms with E-state index in [1.807, 2.05) is 0 Å². The molecule has 10 heteroatoms. The lowest BCUT2D eigenvalue weighted by Gasteiger charge is -2.20. The van der Waals surface area contributed by atoms with E-state index in [1.165, 1.54) is 42.6 Å². The van der Waals surface area contributed by atoms with Gasteiger partial charge in [0.15, 0.2) is 0 Å².